The Morgan fingerprint density at radius 1 is 0.857 bits per heavy atom. The molecule has 6 rings (SSSR count). The molecule has 0 saturated heterocycles. The molecule has 0 aliphatic carbocycles. The molecule has 172 valence electrons. The SMILES string of the molecule is CC(C)Nc1cncc(-c2ccc3[nH]nc(-c4cc5c(-c6ccccc6F)nccc5[nH]4)c3c2)c1. The zero-order chi connectivity index (χ0) is 23.9. The highest BCUT2D eigenvalue weighted by atomic mass is 19.1. The molecule has 6 nitrogen and oxygen atoms in total. The molecule has 0 unspecified atom stereocenters. The van der Waals surface area contributed by atoms with Gasteiger partial charge in [0.15, 0.2) is 0 Å². The molecule has 0 spiro atoms. The minimum absolute atomic E-state index is 0.298. The van der Waals surface area contributed by atoms with Crippen molar-refractivity contribution in [1.82, 2.24) is 25.1 Å². The van der Waals surface area contributed by atoms with Crippen molar-refractivity contribution in [3.05, 3.63) is 85.1 Å². The first-order valence-corrected chi connectivity index (χ1v) is 11.5. The normalized spacial score (nSPS) is 11.5. The van der Waals surface area contributed by atoms with E-state index in [2.05, 4.69) is 62.5 Å². The summed E-state index contributed by atoms with van der Waals surface area (Å²) < 4.78 is 14.5. The highest BCUT2D eigenvalue weighted by Crippen LogP contribution is 2.35. The van der Waals surface area contributed by atoms with E-state index < -0.39 is 0 Å². The van der Waals surface area contributed by atoms with Crippen molar-refractivity contribution in [1.29, 1.82) is 0 Å². The molecule has 0 fully saturated rings. The summed E-state index contributed by atoms with van der Waals surface area (Å²) in [5.41, 5.74) is 7.55. The van der Waals surface area contributed by atoms with Crippen molar-refractivity contribution < 1.29 is 4.39 Å². The van der Waals surface area contributed by atoms with Crippen molar-refractivity contribution >= 4 is 27.5 Å². The second-order valence-corrected chi connectivity index (χ2v) is 8.88. The first kappa shape index (κ1) is 21.0. The summed E-state index contributed by atoms with van der Waals surface area (Å²) in [5, 5.41) is 13.0. The number of H-pyrrole nitrogens is 2. The van der Waals surface area contributed by atoms with Gasteiger partial charge in [0.1, 0.15) is 11.5 Å². The number of anilines is 1. The summed E-state index contributed by atoms with van der Waals surface area (Å²) in [6.45, 7) is 4.20. The Morgan fingerprint density at radius 2 is 1.71 bits per heavy atom. The fourth-order valence-electron chi connectivity index (χ4n) is 4.46. The summed E-state index contributed by atoms with van der Waals surface area (Å²) in [4.78, 5) is 12.3. The lowest BCUT2D eigenvalue weighted by atomic mass is 10.0. The number of halogens is 1. The van der Waals surface area contributed by atoms with E-state index in [4.69, 9.17) is 0 Å². The van der Waals surface area contributed by atoms with Crippen LogP contribution in [-0.2, 0) is 0 Å². The Kier molecular flexibility index (Phi) is 5.03. The lowest BCUT2D eigenvalue weighted by Gasteiger charge is -2.11. The second-order valence-electron chi connectivity index (χ2n) is 8.88. The third-order valence-corrected chi connectivity index (χ3v) is 6.02. The van der Waals surface area contributed by atoms with Gasteiger partial charge in [-0.1, -0.05) is 18.2 Å². The number of nitrogens with zero attached hydrogens (tertiary/aromatic N) is 3. The van der Waals surface area contributed by atoms with Gasteiger partial charge in [-0.25, -0.2) is 4.39 Å². The van der Waals surface area contributed by atoms with E-state index in [0.29, 0.717) is 17.3 Å². The Hall–Kier alpha value is -4.52. The molecule has 2 aromatic carbocycles. The maximum Gasteiger partial charge on any atom is 0.132 e. The second kappa shape index (κ2) is 8.36. The number of pyridine rings is 2. The Bertz CT molecular complexity index is 1680. The van der Waals surface area contributed by atoms with Crippen molar-refractivity contribution in [3.8, 4) is 33.8 Å². The Balaban J connectivity index is 1.46. The molecule has 3 N–H and O–H groups in total. The maximum atomic E-state index is 14.5. The van der Waals surface area contributed by atoms with Crippen molar-refractivity contribution in [3.63, 3.8) is 0 Å². The molecule has 0 radical (unpaired) electrons. The zero-order valence-corrected chi connectivity index (χ0v) is 19.3. The van der Waals surface area contributed by atoms with Gasteiger partial charge in [-0.3, -0.25) is 15.1 Å². The number of hydrogen-bond acceptors (Lipinski definition) is 4. The van der Waals surface area contributed by atoms with Gasteiger partial charge in [-0.05, 0) is 61.9 Å². The van der Waals surface area contributed by atoms with Crippen LogP contribution >= 0.6 is 0 Å². The average molecular weight is 463 g/mol. The minimum atomic E-state index is -0.298. The maximum absolute atomic E-state index is 14.5. The summed E-state index contributed by atoms with van der Waals surface area (Å²) in [6, 6.07) is 19.2. The number of benzene rings is 2. The first-order valence-electron chi connectivity index (χ1n) is 11.5. The van der Waals surface area contributed by atoms with E-state index in [1.165, 1.54) is 6.07 Å². The van der Waals surface area contributed by atoms with Crippen LogP contribution in [0.4, 0.5) is 10.1 Å². The molecular formula is C28H23FN6. The Morgan fingerprint density at radius 3 is 2.57 bits per heavy atom. The van der Waals surface area contributed by atoms with Gasteiger partial charge in [-0.15, -0.1) is 0 Å². The molecule has 35 heavy (non-hydrogen) atoms. The quantitative estimate of drug-likeness (QED) is 0.263. The third kappa shape index (κ3) is 3.81. The number of aromatic amines is 2. The van der Waals surface area contributed by atoms with Crippen LogP contribution in [0.15, 0.2) is 79.3 Å². The van der Waals surface area contributed by atoms with Crippen LogP contribution in [0, 0.1) is 5.82 Å². The van der Waals surface area contributed by atoms with E-state index in [-0.39, 0.29) is 5.82 Å². The van der Waals surface area contributed by atoms with E-state index in [1.807, 2.05) is 36.7 Å². The molecule has 0 aliphatic rings. The van der Waals surface area contributed by atoms with Gasteiger partial charge in [0.05, 0.1) is 22.6 Å². The fourth-order valence-corrected chi connectivity index (χ4v) is 4.46. The number of nitrogens with one attached hydrogen (secondary N) is 3. The minimum Gasteiger partial charge on any atom is -0.382 e. The van der Waals surface area contributed by atoms with Crippen LogP contribution in [0.1, 0.15) is 13.8 Å². The van der Waals surface area contributed by atoms with Gasteiger partial charge in [-0.2, -0.15) is 5.10 Å². The molecule has 7 heteroatoms. The summed E-state index contributed by atoms with van der Waals surface area (Å²) in [6.07, 6.45) is 5.38. The largest absolute Gasteiger partial charge is 0.382 e. The predicted molar refractivity (Wildman–Crippen MR) is 139 cm³/mol. The fraction of sp³-hybridized carbons (Fsp3) is 0.107. The average Bonchev–Trinajstić information content (AvgIpc) is 3.47. The molecule has 0 aliphatic heterocycles. The van der Waals surface area contributed by atoms with Crippen LogP contribution in [0.2, 0.25) is 0 Å². The van der Waals surface area contributed by atoms with Crippen LogP contribution < -0.4 is 5.32 Å². The smallest absolute Gasteiger partial charge is 0.132 e. The topological polar surface area (TPSA) is 82.3 Å². The van der Waals surface area contributed by atoms with E-state index >= 15 is 0 Å². The zero-order valence-electron chi connectivity index (χ0n) is 19.3. The van der Waals surface area contributed by atoms with Gasteiger partial charge in [0, 0.05) is 52.0 Å². The van der Waals surface area contributed by atoms with Crippen LogP contribution in [0.25, 0.3) is 55.6 Å². The lowest BCUT2D eigenvalue weighted by molar-refractivity contribution is 0.631. The Labute approximate surface area is 201 Å². The number of hydrogen-bond donors (Lipinski definition) is 3. The molecule has 0 atom stereocenters. The van der Waals surface area contributed by atoms with Gasteiger partial charge >= 0.3 is 0 Å². The van der Waals surface area contributed by atoms with E-state index in [0.717, 1.165) is 50.0 Å². The van der Waals surface area contributed by atoms with E-state index in [1.54, 1.807) is 18.3 Å². The van der Waals surface area contributed by atoms with Gasteiger partial charge in [0.2, 0.25) is 0 Å². The molecule has 4 aromatic heterocycles. The van der Waals surface area contributed by atoms with Crippen molar-refractivity contribution in [2.24, 2.45) is 0 Å². The molecule has 0 saturated carbocycles. The molecule has 0 amide bonds. The summed E-state index contributed by atoms with van der Waals surface area (Å²) in [5.74, 6) is -0.298. The highest BCUT2D eigenvalue weighted by molar-refractivity contribution is 6.00. The first-order chi connectivity index (χ1) is 17.1. The summed E-state index contributed by atoms with van der Waals surface area (Å²) in [7, 11) is 0. The standard InChI is InChI=1S/C28H23FN6/c1-16(2)32-19-11-18(14-30-15-19)17-7-8-25-21(12-17)28(35-34-25)26-13-22-24(33-26)9-10-31-27(22)20-5-3-4-6-23(20)29/h3-16,32-33H,1-2H3,(H,34,35). The summed E-state index contributed by atoms with van der Waals surface area (Å²) >= 11 is 0. The van der Waals surface area contributed by atoms with E-state index in [9.17, 15) is 4.39 Å². The molecule has 6 aromatic rings. The van der Waals surface area contributed by atoms with Gasteiger partial charge < -0.3 is 10.3 Å². The van der Waals surface area contributed by atoms with Crippen molar-refractivity contribution in [2.75, 3.05) is 5.32 Å². The monoisotopic (exact) mass is 462 g/mol. The number of aromatic nitrogens is 5. The highest BCUT2D eigenvalue weighted by Gasteiger charge is 2.16. The van der Waals surface area contributed by atoms with Gasteiger partial charge in [0.25, 0.3) is 0 Å². The lowest BCUT2D eigenvalue weighted by Crippen LogP contribution is -2.09. The molecule has 0 bridgehead atoms. The predicted octanol–water partition coefficient (Wildman–Crippen LogP) is 6.79. The third-order valence-electron chi connectivity index (χ3n) is 6.02. The van der Waals surface area contributed by atoms with Crippen LogP contribution in [0.5, 0.6) is 0 Å². The molecular weight excluding hydrogens is 439 g/mol. The van der Waals surface area contributed by atoms with Crippen molar-refractivity contribution in [2.45, 2.75) is 19.9 Å². The number of rotatable bonds is 5. The van der Waals surface area contributed by atoms with Crippen LogP contribution in [0.3, 0.4) is 0 Å². The number of fused-ring (bicyclic) bond motifs is 2. The molecule has 4 heterocycles. The van der Waals surface area contributed by atoms with Crippen LogP contribution in [-0.4, -0.2) is 31.2 Å².